The van der Waals surface area contributed by atoms with Crippen molar-refractivity contribution in [3.8, 4) is 0 Å². The van der Waals surface area contributed by atoms with Gasteiger partial charge in [-0.15, -0.1) is 0 Å². The lowest BCUT2D eigenvalue weighted by Gasteiger charge is -2.19. The molecule has 0 saturated carbocycles. The molecule has 0 aromatic carbocycles. The van der Waals surface area contributed by atoms with Crippen LogP contribution in [0.1, 0.15) is 43.9 Å². The maximum absolute atomic E-state index is 12.1. The molecule has 5 nitrogen and oxygen atoms in total. The second-order valence-corrected chi connectivity index (χ2v) is 9.09. The van der Waals surface area contributed by atoms with Crippen LogP contribution in [0.2, 0.25) is 0 Å². The molecule has 0 aliphatic carbocycles. The van der Waals surface area contributed by atoms with E-state index in [1.165, 1.54) is 5.69 Å². The third kappa shape index (κ3) is 3.01. The largest absolute Gasteiger partial charge is 0.330 e. The lowest BCUT2D eigenvalue weighted by atomic mass is 10.1. The van der Waals surface area contributed by atoms with Crippen LogP contribution in [0.3, 0.4) is 0 Å². The van der Waals surface area contributed by atoms with Gasteiger partial charge in [0, 0.05) is 38.2 Å². The fraction of sp³-hybridized carbons (Fsp3) is 0.800. The Kier molecular flexibility index (Phi) is 4.10. The number of hydrogen-bond acceptors (Lipinski definition) is 4. The van der Waals surface area contributed by atoms with Crippen LogP contribution < -0.4 is 5.32 Å². The first-order valence-electron chi connectivity index (χ1n) is 7.97. The maximum atomic E-state index is 12.1. The molecular formula is C15H25N3O2S. The minimum absolute atomic E-state index is 0.211. The summed E-state index contributed by atoms with van der Waals surface area (Å²) in [7, 11) is -2.90. The van der Waals surface area contributed by atoms with E-state index in [0.29, 0.717) is 18.2 Å². The molecule has 0 amide bonds. The van der Waals surface area contributed by atoms with Gasteiger partial charge in [-0.25, -0.2) is 13.4 Å². The van der Waals surface area contributed by atoms with Crippen LogP contribution in [0.4, 0.5) is 0 Å². The minimum atomic E-state index is -2.90. The second kappa shape index (κ2) is 5.72. The van der Waals surface area contributed by atoms with Gasteiger partial charge in [0.15, 0.2) is 9.84 Å². The topological polar surface area (TPSA) is 64.0 Å². The normalized spacial score (nSPS) is 24.4. The molecule has 118 valence electrons. The second-order valence-electron chi connectivity index (χ2n) is 6.69. The van der Waals surface area contributed by atoms with Crippen molar-refractivity contribution in [3.63, 3.8) is 0 Å². The molecule has 1 saturated heterocycles. The summed E-state index contributed by atoms with van der Waals surface area (Å²) in [4.78, 5) is 4.79. The number of aromatic nitrogens is 2. The van der Waals surface area contributed by atoms with E-state index in [-0.39, 0.29) is 5.25 Å². The average molecular weight is 311 g/mol. The molecule has 3 heterocycles. The Morgan fingerprint density at radius 2 is 2.24 bits per heavy atom. The van der Waals surface area contributed by atoms with Gasteiger partial charge >= 0.3 is 0 Å². The summed E-state index contributed by atoms with van der Waals surface area (Å²) < 4.78 is 26.5. The molecular weight excluding hydrogens is 286 g/mol. The van der Waals surface area contributed by atoms with Crippen LogP contribution >= 0.6 is 0 Å². The van der Waals surface area contributed by atoms with Crippen LogP contribution in [-0.2, 0) is 35.8 Å². The SMILES string of the molecule is CC(C)Cc1nc2c(n1CC1CCCS1(=O)=O)CCNC2. The van der Waals surface area contributed by atoms with Gasteiger partial charge in [-0.1, -0.05) is 13.8 Å². The molecule has 21 heavy (non-hydrogen) atoms. The Morgan fingerprint density at radius 1 is 1.43 bits per heavy atom. The first-order valence-corrected chi connectivity index (χ1v) is 9.68. The van der Waals surface area contributed by atoms with Crippen LogP contribution in [0.15, 0.2) is 0 Å². The Morgan fingerprint density at radius 3 is 2.90 bits per heavy atom. The van der Waals surface area contributed by atoms with Crippen LogP contribution in [0.5, 0.6) is 0 Å². The third-order valence-corrected chi connectivity index (χ3v) is 6.76. The molecule has 2 aliphatic rings. The first-order chi connectivity index (χ1) is 9.97. The van der Waals surface area contributed by atoms with E-state index in [9.17, 15) is 8.42 Å². The average Bonchev–Trinajstić information content (AvgIpc) is 2.91. The van der Waals surface area contributed by atoms with Crippen molar-refractivity contribution in [2.75, 3.05) is 12.3 Å². The van der Waals surface area contributed by atoms with Gasteiger partial charge in [0.1, 0.15) is 5.82 Å². The summed E-state index contributed by atoms with van der Waals surface area (Å²) in [6, 6.07) is 0. The van der Waals surface area contributed by atoms with Crippen molar-refractivity contribution in [3.05, 3.63) is 17.2 Å². The number of hydrogen-bond donors (Lipinski definition) is 1. The van der Waals surface area contributed by atoms with Crippen LogP contribution in [0.25, 0.3) is 0 Å². The molecule has 0 bridgehead atoms. The summed E-state index contributed by atoms with van der Waals surface area (Å²) in [5, 5.41) is 3.14. The van der Waals surface area contributed by atoms with E-state index in [0.717, 1.165) is 50.3 Å². The molecule has 0 radical (unpaired) electrons. The third-order valence-electron chi connectivity index (χ3n) is 4.51. The monoisotopic (exact) mass is 311 g/mol. The van der Waals surface area contributed by atoms with Gasteiger partial charge in [0.05, 0.1) is 16.7 Å². The number of rotatable bonds is 4. The Bertz CT molecular complexity index is 619. The van der Waals surface area contributed by atoms with Gasteiger partial charge in [0.25, 0.3) is 0 Å². The van der Waals surface area contributed by atoms with Gasteiger partial charge in [-0.05, 0) is 18.8 Å². The van der Waals surface area contributed by atoms with Crippen molar-refractivity contribution >= 4 is 9.84 Å². The van der Waals surface area contributed by atoms with E-state index < -0.39 is 9.84 Å². The molecule has 1 unspecified atom stereocenters. The molecule has 1 fully saturated rings. The van der Waals surface area contributed by atoms with E-state index in [2.05, 4.69) is 23.7 Å². The molecule has 1 N–H and O–H groups in total. The molecule has 1 atom stereocenters. The molecule has 1 aromatic heterocycles. The predicted molar refractivity (Wildman–Crippen MR) is 83.0 cm³/mol. The van der Waals surface area contributed by atoms with Gasteiger partial charge < -0.3 is 9.88 Å². The fourth-order valence-corrected chi connectivity index (χ4v) is 5.23. The highest BCUT2D eigenvalue weighted by Crippen LogP contribution is 2.25. The zero-order valence-electron chi connectivity index (χ0n) is 12.9. The molecule has 2 aliphatic heterocycles. The van der Waals surface area contributed by atoms with Crippen LogP contribution in [-0.4, -0.2) is 35.5 Å². The summed E-state index contributed by atoms with van der Waals surface area (Å²) in [5.41, 5.74) is 2.37. The first kappa shape index (κ1) is 15.0. The van der Waals surface area contributed by atoms with Crippen molar-refractivity contribution in [1.29, 1.82) is 0 Å². The van der Waals surface area contributed by atoms with Gasteiger partial charge in [-0.3, -0.25) is 0 Å². The van der Waals surface area contributed by atoms with Crippen molar-refractivity contribution in [1.82, 2.24) is 14.9 Å². The summed E-state index contributed by atoms with van der Waals surface area (Å²) in [5.74, 6) is 1.96. The number of fused-ring (bicyclic) bond motifs is 1. The lowest BCUT2D eigenvalue weighted by molar-refractivity contribution is 0.521. The summed E-state index contributed by atoms with van der Waals surface area (Å²) in [6.45, 7) is 6.74. The van der Waals surface area contributed by atoms with Crippen molar-refractivity contribution in [2.24, 2.45) is 5.92 Å². The Labute approximate surface area is 127 Å². The van der Waals surface area contributed by atoms with E-state index >= 15 is 0 Å². The number of nitrogens with zero attached hydrogens (tertiary/aromatic N) is 2. The zero-order valence-corrected chi connectivity index (χ0v) is 13.7. The van der Waals surface area contributed by atoms with E-state index in [1.54, 1.807) is 0 Å². The number of sulfone groups is 1. The highest BCUT2D eigenvalue weighted by atomic mass is 32.2. The van der Waals surface area contributed by atoms with Gasteiger partial charge in [0.2, 0.25) is 0 Å². The predicted octanol–water partition coefficient (Wildman–Crippen LogP) is 1.30. The Hall–Kier alpha value is -0.880. The lowest BCUT2D eigenvalue weighted by Crippen LogP contribution is -2.28. The molecule has 1 aromatic rings. The number of imidazole rings is 1. The zero-order chi connectivity index (χ0) is 15.0. The van der Waals surface area contributed by atoms with E-state index in [1.807, 2.05) is 0 Å². The van der Waals surface area contributed by atoms with E-state index in [4.69, 9.17) is 4.98 Å². The van der Waals surface area contributed by atoms with Crippen molar-refractivity contribution < 1.29 is 8.42 Å². The molecule has 0 spiro atoms. The number of nitrogens with one attached hydrogen (secondary N) is 1. The summed E-state index contributed by atoms with van der Waals surface area (Å²) in [6.07, 6.45) is 3.48. The molecule has 6 heteroatoms. The summed E-state index contributed by atoms with van der Waals surface area (Å²) >= 11 is 0. The van der Waals surface area contributed by atoms with Crippen molar-refractivity contribution in [2.45, 2.75) is 57.9 Å². The highest BCUT2D eigenvalue weighted by Gasteiger charge is 2.33. The minimum Gasteiger partial charge on any atom is -0.330 e. The van der Waals surface area contributed by atoms with Crippen LogP contribution in [0, 0.1) is 5.92 Å². The standard InChI is InChI=1S/C15H25N3O2S/c1-11(2)8-15-17-13-9-16-6-5-14(13)18(15)10-12-4-3-7-21(12,19)20/h11-12,16H,3-10H2,1-2H3. The Balaban J connectivity index is 1.93. The maximum Gasteiger partial charge on any atom is 0.154 e. The molecule has 3 rings (SSSR count). The highest BCUT2D eigenvalue weighted by molar-refractivity contribution is 7.92. The smallest absolute Gasteiger partial charge is 0.154 e. The fourth-order valence-electron chi connectivity index (χ4n) is 3.43. The quantitative estimate of drug-likeness (QED) is 0.910. The van der Waals surface area contributed by atoms with Gasteiger partial charge in [-0.2, -0.15) is 0 Å².